The predicted molar refractivity (Wildman–Crippen MR) is 78.3 cm³/mol. The summed E-state index contributed by atoms with van der Waals surface area (Å²) in [7, 11) is 0. The highest BCUT2D eigenvalue weighted by Crippen LogP contribution is 2.28. The molecule has 0 radical (unpaired) electrons. The first-order valence-corrected chi connectivity index (χ1v) is 7.77. The highest BCUT2D eigenvalue weighted by atomic mass is 32.1. The molecule has 1 aromatic rings. The quantitative estimate of drug-likeness (QED) is 0.896. The first kappa shape index (κ1) is 14.0. The highest BCUT2D eigenvalue weighted by Gasteiger charge is 2.31. The predicted octanol–water partition coefficient (Wildman–Crippen LogP) is 3.80. The zero-order chi connectivity index (χ0) is 13.2. The highest BCUT2D eigenvalue weighted by molar-refractivity contribution is 7.12. The van der Waals surface area contributed by atoms with Gasteiger partial charge in [-0.3, -0.25) is 0 Å². The number of hydrogen-bond donors (Lipinski definition) is 1. The van der Waals surface area contributed by atoms with E-state index in [-0.39, 0.29) is 5.60 Å². The molecular formula is C15H25NOS. The fraction of sp³-hybridized carbons (Fsp3) is 0.733. The Morgan fingerprint density at radius 1 is 1.50 bits per heavy atom. The molecule has 2 nitrogen and oxygen atoms in total. The number of nitrogens with one attached hydrogen (secondary N) is 1. The second-order valence-corrected chi connectivity index (χ2v) is 7.02. The Hall–Kier alpha value is -0.380. The Morgan fingerprint density at radius 2 is 2.28 bits per heavy atom. The van der Waals surface area contributed by atoms with Crippen LogP contribution in [-0.2, 0) is 11.3 Å². The van der Waals surface area contributed by atoms with E-state index in [0.29, 0.717) is 6.04 Å². The fourth-order valence-electron chi connectivity index (χ4n) is 2.53. The molecule has 1 aliphatic heterocycles. The SMILES string of the molecule is CCC1(C)CC(NCc2cc(C)c(C)s2)CCO1. The molecule has 2 unspecified atom stereocenters. The van der Waals surface area contributed by atoms with Crippen LogP contribution in [0, 0.1) is 13.8 Å². The first-order chi connectivity index (χ1) is 8.52. The van der Waals surface area contributed by atoms with E-state index in [1.807, 2.05) is 11.3 Å². The normalized spacial score (nSPS) is 28.6. The molecule has 1 N–H and O–H groups in total. The van der Waals surface area contributed by atoms with Crippen molar-refractivity contribution >= 4 is 11.3 Å². The molecule has 0 amide bonds. The van der Waals surface area contributed by atoms with Crippen molar-refractivity contribution in [3.63, 3.8) is 0 Å². The van der Waals surface area contributed by atoms with Crippen molar-refractivity contribution in [3.05, 3.63) is 21.4 Å². The Kier molecular flexibility index (Phi) is 4.46. The van der Waals surface area contributed by atoms with Crippen molar-refractivity contribution in [2.45, 2.75) is 65.1 Å². The minimum Gasteiger partial charge on any atom is -0.375 e. The van der Waals surface area contributed by atoms with Gasteiger partial charge >= 0.3 is 0 Å². The number of hydrogen-bond acceptors (Lipinski definition) is 3. The van der Waals surface area contributed by atoms with Gasteiger partial charge in [-0.05, 0) is 51.7 Å². The maximum atomic E-state index is 5.88. The summed E-state index contributed by atoms with van der Waals surface area (Å²) in [5.41, 5.74) is 1.50. The smallest absolute Gasteiger partial charge is 0.0666 e. The molecule has 2 heterocycles. The molecule has 1 aromatic heterocycles. The van der Waals surface area contributed by atoms with Crippen LogP contribution >= 0.6 is 11.3 Å². The summed E-state index contributed by atoms with van der Waals surface area (Å²) in [5, 5.41) is 3.70. The molecule has 2 rings (SSSR count). The van der Waals surface area contributed by atoms with Crippen molar-refractivity contribution in [1.82, 2.24) is 5.32 Å². The van der Waals surface area contributed by atoms with Crippen LogP contribution in [0.3, 0.4) is 0 Å². The molecule has 0 aromatic carbocycles. The second-order valence-electron chi connectivity index (χ2n) is 5.67. The molecule has 102 valence electrons. The molecule has 0 bridgehead atoms. The molecule has 0 saturated carbocycles. The summed E-state index contributed by atoms with van der Waals surface area (Å²) in [6.07, 6.45) is 3.37. The third kappa shape index (κ3) is 3.34. The Bertz CT molecular complexity index is 382. The average molecular weight is 267 g/mol. The zero-order valence-corrected chi connectivity index (χ0v) is 12.8. The van der Waals surface area contributed by atoms with Crippen molar-refractivity contribution in [2.24, 2.45) is 0 Å². The van der Waals surface area contributed by atoms with Crippen LogP contribution < -0.4 is 5.32 Å². The summed E-state index contributed by atoms with van der Waals surface area (Å²) in [6.45, 7) is 10.7. The van der Waals surface area contributed by atoms with Crippen LogP contribution in [0.15, 0.2) is 6.07 Å². The van der Waals surface area contributed by atoms with E-state index in [1.54, 1.807) is 0 Å². The first-order valence-electron chi connectivity index (χ1n) is 6.95. The van der Waals surface area contributed by atoms with E-state index >= 15 is 0 Å². The summed E-state index contributed by atoms with van der Waals surface area (Å²) in [6, 6.07) is 2.91. The van der Waals surface area contributed by atoms with Crippen molar-refractivity contribution in [3.8, 4) is 0 Å². The van der Waals surface area contributed by atoms with E-state index in [2.05, 4.69) is 39.1 Å². The van der Waals surface area contributed by atoms with Gasteiger partial charge in [0.2, 0.25) is 0 Å². The Balaban J connectivity index is 1.86. The molecule has 3 heteroatoms. The minimum absolute atomic E-state index is 0.0806. The van der Waals surface area contributed by atoms with Gasteiger partial charge in [-0.1, -0.05) is 6.92 Å². The summed E-state index contributed by atoms with van der Waals surface area (Å²) < 4.78 is 5.88. The van der Waals surface area contributed by atoms with Gasteiger partial charge in [-0.25, -0.2) is 0 Å². The molecular weight excluding hydrogens is 242 g/mol. The van der Waals surface area contributed by atoms with Crippen LogP contribution in [0.5, 0.6) is 0 Å². The van der Waals surface area contributed by atoms with Crippen LogP contribution in [0.1, 0.15) is 48.4 Å². The fourth-order valence-corrected chi connectivity index (χ4v) is 3.54. The molecule has 1 aliphatic rings. The van der Waals surface area contributed by atoms with Crippen LogP contribution in [-0.4, -0.2) is 18.2 Å². The maximum Gasteiger partial charge on any atom is 0.0666 e. The second kappa shape index (κ2) is 5.72. The van der Waals surface area contributed by atoms with Gasteiger partial charge in [0.1, 0.15) is 0 Å². The van der Waals surface area contributed by atoms with Gasteiger partial charge in [0.25, 0.3) is 0 Å². The van der Waals surface area contributed by atoms with E-state index in [0.717, 1.165) is 32.4 Å². The number of rotatable bonds is 4. The number of aryl methyl sites for hydroxylation is 2. The maximum absolute atomic E-state index is 5.88. The van der Waals surface area contributed by atoms with Crippen LogP contribution in [0.2, 0.25) is 0 Å². The van der Waals surface area contributed by atoms with Crippen LogP contribution in [0.4, 0.5) is 0 Å². The lowest BCUT2D eigenvalue weighted by atomic mass is 9.90. The van der Waals surface area contributed by atoms with Crippen molar-refractivity contribution < 1.29 is 4.74 Å². The standard InChI is InChI=1S/C15H25NOS/c1-5-15(4)9-13(6-7-17-15)16-10-14-8-11(2)12(3)18-14/h8,13,16H,5-7,9-10H2,1-4H3. The average Bonchev–Trinajstić information content (AvgIpc) is 2.67. The van der Waals surface area contributed by atoms with E-state index in [9.17, 15) is 0 Å². The number of ether oxygens (including phenoxy) is 1. The molecule has 0 aliphatic carbocycles. The molecule has 1 saturated heterocycles. The van der Waals surface area contributed by atoms with Gasteiger partial charge in [-0.2, -0.15) is 0 Å². The van der Waals surface area contributed by atoms with E-state index < -0.39 is 0 Å². The number of thiophene rings is 1. The third-order valence-electron chi connectivity index (χ3n) is 4.12. The Labute approximate surface area is 115 Å². The topological polar surface area (TPSA) is 21.3 Å². The molecule has 0 spiro atoms. The lowest BCUT2D eigenvalue weighted by Gasteiger charge is -2.38. The van der Waals surface area contributed by atoms with Gasteiger partial charge in [0.15, 0.2) is 0 Å². The largest absolute Gasteiger partial charge is 0.375 e. The minimum atomic E-state index is 0.0806. The zero-order valence-electron chi connectivity index (χ0n) is 12.0. The Morgan fingerprint density at radius 3 is 2.89 bits per heavy atom. The molecule has 2 atom stereocenters. The summed E-state index contributed by atoms with van der Waals surface area (Å²) in [5.74, 6) is 0. The lowest BCUT2D eigenvalue weighted by Crippen LogP contribution is -2.44. The monoisotopic (exact) mass is 267 g/mol. The van der Waals surface area contributed by atoms with Gasteiger partial charge in [-0.15, -0.1) is 11.3 Å². The van der Waals surface area contributed by atoms with Gasteiger partial charge in [0, 0.05) is 28.9 Å². The van der Waals surface area contributed by atoms with E-state index in [1.165, 1.54) is 15.3 Å². The van der Waals surface area contributed by atoms with Crippen molar-refractivity contribution in [1.29, 1.82) is 0 Å². The van der Waals surface area contributed by atoms with Crippen LogP contribution in [0.25, 0.3) is 0 Å². The lowest BCUT2D eigenvalue weighted by molar-refractivity contribution is -0.0781. The van der Waals surface area contributed by atoms with Gasteiger partial charge in [0.05, 0.1) is 5.60 Å². The third-order valence-corrected chi connectivity index (χ3v) is 5.28. The van der Waals surface area contributed by atoms with E-state index in [4.69, 9.17) is 4.74 Å². The van der Waals surface area contributed by atoms with Gasteiger partial charge < -0.3 is 10.1 Å². The summed E-state index contributed by atoms with van der Waals surface area (Å²) in [4.78, 5) is 2.90. The van der Waals surface area contributed by atoms with Crippen molar-refractivity contribution in [2.75, 3.05) is 6.61 Å². The summed E-state index contributed by atoms with van der Waals surface area (Å²) >= 11 is 1.91. The molecule has 18 heavy (non-hydrogen) atoms. The molecule has 1 fully saturated rings.